The molecule has 4 aromatic carbocycles. The number of amides is 2. The molecule has 0 aliphatic rings. The minimum Gasteiger partial charge on any atom is -0.489 e. The fraction of sp³-hybridized carbons (Fsp3) is 0.250. The summed E-state index contributed by atoms with van der Waals surface area (Å²) >= 11 is 12.6. The highest BCUT2D eigenvalue weighted by atomic mass is 35.5. The van der Waals surface area contributed by atoms with Crippen molar-refractivity contribution < 1.29 is 50.6 Å². The molecule has 2 atom stereocenters. The van der Waals surface area contributed by atoms with Gasteiger partial charge in [0.1, 0.15) is 35.2 Å². The fourth-order valence-corrected chi connectivity index (χ4v) is 6.88. The number of benzene rings is 4. The van der Waals surface area contributed by atoms with E-state index in [0.29, 0.717) is 35.9 Å². The summed E-state index contributed by atoms with van der Waals surface area (Å²) in [7, 11) is -2.78. The summed E-state index contributed by atoms with van der Waals surface area (Å²) in [4.78, 5) is 42.5. The van der Waals surface area contributed by atoms with Crippen molar-refractivity contribution in [1.29, 1.82) is 0 Å². The van der Waals surface area contributed by atoms with Crippen LogP contribution in [0.5, 0.6) is 11.5 Å². The first-order valence-electron chi connectivity index (χ1n) is 17.7. The Kier molecular flexibility index (Phi) is 16.3. The monoisotopic (exact) mass is 877 g/mol. The maximum absolute atomic E-state index is 13.0. The average Bonchev–Trinajstić information content (AvgIpc) is 3.72. The zero-order chi connectivity index (χ0) is 43.3. The van der Waals surface area contributed by atoms with Gasteiger partial charge in [0.05, 0.1) is 33.5 Å². The number of aromatic amines is 1. The SMILES string of the molecule is CNC(=O)C(Cc1ccc(OCc2ccccc2)cc1)NC(=O)c1ccc(OC(C)C)c(Cl)c1Cl.O=C(O)C(Cc1cnc[nH]1)NS(=O)(=O)c1ccc(C(F)(F)F)cc1. The number of sulfonamides is 1. The highest BCUT2D eigenvalue weighted by molar-refractivity contribution is 7.89. The zero-order valence-electron chi connectivity index (χ0n) is 31.7. The van der Waals surface area contributed by atoms with Gasteiger partial charge >= 0.3 is 12.1 Å². The van der Waals surface area contributed by atoms with Crippen molar-refractivity contribution >= 4 is 51.0 Å². The lowest BCUT2D eigenvalue weighted by atomic mass is 10.0. The van der Waals surface area contributed by atoms with Gasteiger partial charge in [0, 0.05) is 31.8 Å². The number of carbonyl (C=O) groups is 3. The standard InChI is InChI=1S/C27H28Cl2N2O4.C13H12F3N3O4S/c1-17(2)35-23-14-13-21(24(28)25(23)29)26(32)31-22(27(33)30-3)15-18-9-11-20(12-10-18)34-16-19-7-5-4-6-8-19;14-13(15,16)8-1-3-10(4-2-8)24(22,23)19-11(12(20)21)5-9-6-17-7-18-9/h4-14,17,22H,15-16H2,1-3H3,(H,30,33)(H,31,32);1-4,6-7,11,19H,5H2,(H,17,18)(H,20,21). The highest BCUT2D eigenvalue weighted by Crippen LogP contribution is 2.35. The maximum Gasteiger partial charge on any atom is 0.416 e. The van der Waals surface area contributed by atoms with Crippen molar-refractivity contribution in [3.63, 3.8) is 0 Å². The lowest BCUT2D eigenvalue weighted by Gasteiger charge is -2.19. The predicted octanol–water partition coefficient (Wildman–Crippen LogP) is 6.85. The number of H-pyrrole nitrogens is 1. The van der Waals surface area contributed by atoms with Crippen LogP contribution in [0.2, 0.25) is 10.0 Å². The van der Waals surface area contributed by atoms with Crippen LogP contribution < -0.4 is 24.8 Å². The van der Waals surface area contributed by atoms with Crippen LogP contribution in [0.4, 0.5) is 13.2 Å². The molecule has 2 amide bonds. The number of carboxylic acid groups (broad SMARTS) is 1. The van der Waals surface area contributed by atoms with Gasteiger partial charge in [-0.15, -0.1) is 0 Å². The number of carboxylic acids is 1. The van der Waals surface area contributed by atoms with Gasteiger partial charge in [-0.2, -0.15) is 17.9 Å². The molecule has 1 aromatic heterocycles. The van der Waals surface area contributed by atoms with E-state index in [2.05, 4.69) is 20.6 Å². The van der Waals surface area contributed by atoms with Crippen molar-refractivity contribution in [2.45, 2.75) is 62.6 Å². The molecule has 0 aliphatic heterocycles. The number of halogens is 5. The van der Waals surface area contributed by atoms with E-state index in [-0.39, 0.29) is 40.5 Å². The van der Waals surface area contributed by atoms with Gasteiger partial charge in [-0.1, -0.05) is 65.7 Å². The third kappa shape index (κ3) is 13.7. The Morgan fingerprint density at radius 3 is 2.08 bits per heavy atom. The summed E-state index contributed by atoms with van der Waals surface area (Å²) < 4.78 is 75.2. The molecule has 59 heavy (non-hydrogen) atoms. The predicted molar refractivity (Wildman–Crippen MR) is 214 cm³/mol. The molecule has 5 aromatic rings. The number of nitrogens with one attached hydrogen (secondary N) is 4. The van der Waals surface area contributed by atoms with Gasteiger partial charge < -0.3 is 30.2 Å². The van der Waals surface area contributed by atoms with Gasteiger partial charge in [0.25, 0.3) is 5.91 Å². The largest absolute Gasteiger partial charge is 0.489 e. The quantitative estimate of drug-likeness (QED) is 0.0707. The van der Waals surface area contributed by atoms with Crippen molar-refractivity contribution in [1.82, 2.24) is 25.3 Å². The Morgan fingerprint density at radius 1 is 0.864 bits per heavy atom. The Balaban J connectivity index is 0.000000280. The number of carbonyl (C=O) groups excluding carboxylic acids is 2. The number of likely N-dealkylation sites (N-methyl/N-ethyl adjacent to an activating group) is 1. The molecular weight excluding hydrogens is 838 g/mol. The molecule has 0 saturated heterocycles. The number of hydrogen-bond donors (Lipinski definition) is 5. The average molecular weight is 879 g/mol. The number of rotatable bonds is 16. The van der Waals surface area contributed by atoms with Crippen molar-refractivity contribution in [3.8, 4) is 11.5 Å². The van der Waals surface area contributed by atoms with Crippen LogP contribution in [0, 0.1) is 0 Å². The lowest BCUT2D eigenvalue weighted by Crippen LogP contribution is -2.47. The maximum atomic E-state index is 13.0. The van der Waals surface area contributed by atoms with E-state index in [4.69, 9.17) is 37.8 Å². The first kappa shape index (κ1) is 46.1. The summed E-state index contributed by atoms with van der Waals surface area (Å²) in [6, 6.07) is 20.8. The lowest BCUT2D eigenvalue weighted by molar-refractivity contribution is -0.139. The molecule has 0 spiro atoms. The van der Waals surface area contributed by atoms with Gasteiger partial charge in [-0.05, 0) is 73.5 Å². The molecule has 314 valence electrons. The van der Waals surface area contributed by atoms with Crippen LogP contribution in [0.25, 0.3) is 0 Å². The molecule has 0 radical (unpaired) electrons. The second-order valence-corrected chi connectivity index (χ2v) is 15.5. The number of imidazole rings is 1. The topological polar surface area (TPSA) is 189 Å². The number of nitrogens with zero attached hydrogens (tertiary/aromatic N) is 1. The molecule has 5 N–H and O–H groups in total. The van der Waals surface area contributed by atoms with E-state index in [1.165, 1.54) is 25.6 Å². The molecule has 13 nitrogen and oxygen atoms in total. The molecule has 0 bridgehead atoms. The van der Waals surface area contributed by atoms with E-state index in [9.17, 15) is 36.0 Å². The van der Waals surface area contributed by atoms with Crippen LogP contribution in [0.15, 0.2) is 108 Å². The van der Waals surface area contributed by atoms with E-state index in [0.717, 1.165) is 23.3 Å². The highest BCUT2D eigenvalue weighted by Gasteiger charge is 2.32. The summed E-state index contributed by atoms with van der Waals surface area (Å²) in [5, 5.41) is 14.7. The zero-order valence-corrected chi connectivity index (χ0v) is 34.0. The minimum atomic E-state index is -4.60. The fourth-order valence-electron chi connectivity index (χ4n) is 5.24. The molecular formula is C40H40Cl2F3N5O8S. The molecule has 0 aliphatic carbocycles. The number of aliphatic carboxylic acids is 1. The molecule has 0 fully saturated rings. The van der Waals surface area contributed by atoms with Crippen LogP contribution >= 0.6 is 23.2 Å². The van der Waals surface area contributed by atoms with Crippen LogP contribution in [-0.2, 0) is 45.2 Å². The Hall–Kier alpha value is -5.62. The van der Waals surface area contributed by atoms with Crippen LogP contribution in [0.1, 0.15) is 46.6 Å². The Morgan fingerprint density at radius 2 is 1.53 bits per heavy atom. The normalized spacial score (nSPS) is 12.4. The third-order valence-electron chi connectivity index (χ3n) is 8.20. The van der Waals surface area contributed by atoms with Crippen LogP contribution in [-0.4, -0.2) is 66.5 Å². The Bertz CT molecular complexity index is 2280. The van der Waals surface area contributed by atoms with Crippen molar-refractivity contribution in [2.24, 2.45) is 0 Å². The first-order chi connectivity index (χ1) is 27.9. The summed E-state index contributed by atoms with van der Waals surface area (Å²) in [6.45, 7) is 4.18. The third-order valence-corrected chi connectivity index (χ3v) is 10.6. The number of alkyl halides is 3. The Labute approximate surface area is 348 Å². The minimum absolute atomic E-state index is 0.0675. The van der Waals surface area contributed by atoms with E-state index >= 15 is 0 Å². The van der Waals surface area contributed by atoms with Gasteiger partial charge in [0.2, 0.25) is 15.9 Å². The number of ether oxygens (including phenoxy) is 2. The molecule has 5 rings (SSSR count). The molecule has 19 heteroatoms. The number of hydrogen-bond acceptors (Lipinski definition) is 8. The van der Waals surface area contributed by atoms with Gasteiger partial charge in [0.15, 0.2) is 0 Å². The summed E-state index contributed by atoms with van der Waals surface area (Å²) in [6.07, 6.45) is -1.98. The van der Waals surface area contributed by atoms with E-state index in [1.54, 1.807) is 6.07 Å². The molecule has 1 heterocycles. The van der Waals surface area contributed by atoms with Crippen molar-refractivity contribution in [2.75, 3.05) is 7.05 Å². The second-order valence-electron chi connectivity index (χ2n) is 13.0. The molecule has 2 unspecified atom stereocenters. The van der Waals surface area contributed by atoms with E-state index < -0.39 is 50.6 Å². The van der Waals surface area contributed by atoms with Crippen LogP contribution in [0.3, 0.4) is 0 Å². The number of aromatic nitrogens is 2. The molecule has 0 saturated carbocycles. The second kappa shape index (κ2) is 20.9. The summed E-state index contributed by atoms with van der Waals surface area (Å²) in [5.41, 5.74) is 1.47. The van der Waals surface area contributed by atoms with Gasteiger partial charge in [-0.3, -0.25) is 14.4 Å². The smallest absolute Gasteiger partial charge is 0.416 e. The summed E-state index contributed by atoms with van der Waals surface area (Å²) in [5.74, 6) is -1.17. The first-order valence-corrected chi connectivity index (χ1v) is 19.9. The van der Waals surface area contributed by atoms with Crippen molar-refractivity contribution in [3.05, 3.63) is 142 Å². The van der Waals surface area contributed by atoms with Gasteiger partial charge in [-0.25, -0.2) is 13.4 Å². The van der Waals surface area contributed by atoms with E-state index in [1.807, 2.05) is 73.2 Å².